The zero-order valence-corrected chi connectivity index (χ0v) is 8.22. The topological polar surface area (TPSA) is 0 Å². The molecule has 0 rings (SSSR count). The number of hydrogen-bond acceptors (Lipinski definition) is 0. The van der Waals surface area contributed by atoms with Gasteiger partial charge in [0.15, 0.2) is 0 Å². The van der Waals surface area contributed by atoms with Crippen molar-refractivity contribution >= 4 is 0 Å². The van der Waals surface area contributed by atoms with Crippen molar-refractivity contribution in [1.29, 1.82) is 0 Å². The first-order valence-electron chi connectivity index (χ1n) is 4.50. The van der Waals surface area contributed by atoms with Gasteiger partial charge in [-0.15, -0.1) is 0 Å². The lowest BCUT2D eigenvalue weighted by molar-refractivity contribution is 0.663. The first-order valence-corrected chi connectivity index (χ1v) is 4.50. The molecule has 0 nitrogen and oxygen atoms in total. The van der Waals surface area contributed by atoms with E-state index in [1.54, 1.807) is 0 Å². The third-order valence-electron chi connectivity index (χ3n) is 1.51. The molecule has 0 aliphatic heterocycles. The molecule has 0 aromatic heterocycles. The molecule has 0 fully saturated rings. The van der Waals surface area contributed by atoms with Gasteiger partial charge in [-0.2, -0.15) is 0 Å². The van der Waals surface area contributed by atoms with Crippen LogP contribution in [0.25, 0.3) is 0 Å². The molecule has 0 N–H and O–H groups in total. The van der Waals surface area contributed by atoms with Crippen molar-refractivity contribution in [3.05, 3.63) is 23.8 Å². The summed E-state index contributed by atoms with van der Waals surface area (Å²) in [5, 5.41) is 0. The first kappa shape index (κ1) is 10.5. The molecule has 64 valence electrons. The summed E-state index contributed by atoms with van der Waals surface area (Å²) in [6, 6.07) is 0. The van der Waals surface area contributed by atoms with E-state index in [1.165, 1.54) is 12.0 Å². The van der Waals surface area contributed by atoms with E-state index in [-0.39, 0.29) is 0 Å². The molecule has 0 saturated heterocycles. The van der Waals surface area contributed by atoms with Crippen molar-refractivity contribution < 1.29 is 0 Å². The van der Waals surface area contributed by atoms with Gasteiger partial charge in [-0.25, -0.2) is 0 Å². The average Bonchev–Trinajstić information content (AvgIpc) is 1.87. The lowest BCUT2D eigenvalue weighted by Gasteiger charge is -1.96. The molecule has 0 bridgehead atoms. The fourth-order valence-corrected chi connectivity index (χ4v) is 0.916. The lowest BCUT2D eigenvalue weighted by atomic mass is 10.1. The van der Waals surface area contributed by atoms with E-state index in [1.807, 2.05) is 0 Å². The van der Waals surface area contributed by atoms with Crippen molar-refractivity contribution in [2.75, 3.05) is 0 Å². The summed E-state index contributed by atoms with van der Waals surface area (Å²) in [7, 11) is 0. The second-order valence-electron chi connectivity index (χ2n) is 3.39. The van der Waals surface area contributed by atoms with Gasteiger partial charge >= 0.3 is 0 Å². The summed E-state index contributed by atoms with van der Waals surface area (Å²) in [6.45, 7) is 8.80. The van der Waals surface area contributed by atoms with E-state index >= 15 is 0 Å². The Hall–Kier alpha value is -0.520. The van der Waals surface area contributed by atoms with Gasteiger partial charge in [0.25, 0.3) is 0 Å². The van der Waals surface area contributed by atoms with Crippen LogP contribution in [0.2, 0.25) is 0 Å². The number of allylic oxidation sites excluding steroid dienone is 4. The van der Waals surface area contributed by atoms with Gasteiger partial charge in [0.1, 0.15) is 0 Å². The molecule has 0 saturated carbocycles. The van der Waals surface area contributed by atoms with Crippen LogP contribution in [0.15, 0.2) is 23.8 Å². The molecule has 0 aliphatic carbocycles. The zero-order valence-electron chi connectivity index (χ0n) is 8.22. The van der Waals surface area contributed by atoms with Gasteiger partial charge in [0.05, 0.1) is 0 Å². The van der Waals surface area contributed by atoms with E-state index in [2.05, 4.69) is 45.9 Å². The van der Waals surface area contributed by atoms with Crippen LogP contribution in [0.3, 0.4) is 0 Å². The summed E-state index contributed by atoms with van der Waals surface area (Å²) < 4.78 is 0. The predicted molar refractivity (Wildman–Crippen MR) is 52.6 cm³/mol. The van der Waals surface area contributed by atoms with Crippen LogP contribution in [0.1, 0.15) is 40.5 Å². The molecule has 0 atom stereocenters. The SMILES string of the molecule is CC/C=C(C)\C=C/CC(C)C. The summed E-state index contributed by atoms with van der Waals surface area (Å²) in [4.78, 5) is 0. The third-order valence-corrected chi connectivity index (χ3v) is 1.51. The molecule has 0 heteroatoms. The van der Waals surface area contributed by atoms with Gasteiger partial charge in [-0.1, -0.05) is 44.6 Å². The summed E-state index contributed by atoms with van der Waals surface area (Å²) in [6.07, 6.45) is 9.04. The standard InChI is InChI=1S/C11H20/c1-5-7-11(4)9-6-8-10(2)3/h6-7,9-10H,5,8H2,1-4H3/b9-6-,11-7-. The van der Waals surface area contributed by atoms with Crippen molar-refractivity contribution in [3.63, 3.8) is 0 Å². The molecule has 0 spiro atoms. The molecule has 0 aromatic carbocycles. The Morgan fingerprint density at radius 2 is 2.00 bits per heavy atom. The van der Waals surface area contributed by atoms with Crippen LogP contribution in [0, 0.1) is 5.92 Å². The van der Waals surface area contributed by atoms with E-state index < -0.39 is 0 Å². The summed E-state index contributed by atoms with van der Waals surface area (Å²) >= 11 is 0. The molecule has 11 heavy (non-hydrogen) atoms. The highest BCUT2D eigenvalue weighted by molar-refractivity contribution is 5.15. The maximum Gasteiger partial charge on any atom is -0.0324 e. The van der Waals surface area contributed by atoms with Crippen LogP contribution in [-0.4, -0.2) is 0 Å². The van der Waals surface area contributed by atoms with Gasteiger partial charge in [0.2, 0.25) is 0 Å². The minimum absolute atomic E-state index is 0.778. The summed E-state index contributed by atoms with van der Waals surface area (Å²) in [5.74, 6) is 0.778. The smallest absolute Gasteiger partial charge is 0.0324 e. The van der Waals surface area contributed by atoms with Gasteiger partial charge in [0, 0.05) is 0 Å². The molecule has 0 heterocycles. The summed E-state index contributed by atoms with van der Waals surface area (Å²) in [5.41, 5.74) is 1.38. The van der Waals surface area contributed by atoms with E-state index in [9.17, 15) is 0 Å². The fraction of sp³-hybridized carbons (Fsp3) is 0.636. The van der Waals surface area contributed by atoms with Crippen LogP contribution in [-0.2, 0) is 0 Å². The molecule has 0 aromatic rings. The molecule has 0 aliphatic rings. The Balaban J connectivity index is 3.65. The van der Waals surface area contributed by atoms with Gasteiger partial charge < -0.3 is 0 Å². The Kier molecular flexibility index (Phi) is 5.91. The van der Waals surface area contributed by atoms with E-state index in [0.29, 0.717) is 0 Å². The molecular weight excluding hydrogens is 132 g/mol. The van der Waals surface area contributed by atoms with Crippen LogP contribution >= 0.6 is 0 Å². The minimum atomic E-state index is 0.778. The molecule has 0 amide bonds. The number of hydrogen-bond donors (Lipinski definition) is 0. The van der Waals surface area contributed by atoms with Crippen LogP contribution in [0.4, 0.5) is 0 Å². The second-order valence-corrected chi connectivity index (χ2v) is 3.39. The highest BCUT2D eigenvalue weighted by atomic mass is 13.9. The van der Waals surface area contributed by atoms with Crippen molar-refractivity contribution in [1.82, 2.24) is 0 Å². The Morgan fingerprint density at radius 3 is 2.45 bits per heavy atom. The van der Waals surface area contributed by atoms with Crippen LogP contribution < -0.4 is 0 Å². The monoisotopic (exact) mass is 152 g/mol. The highest BCUT2D eigenvalue weighted by Gasteiger charge is 1.86. The zero-order chi connectivity index (χ0) is 8.69. The quantitative estimate of drug-likeness (QED) is 0.535. The third kappa shape index (κ3) is 7.38. The lowest BCUT2D eigenvalue weighted by Crippen LogP contribution is -1.81. The van der Waals surface area contributed by atoms with Crippen molar-refractivity contribution in [3.8, 4) is 0 Å². The van der Waals surface area contributed by atoms with E-state index in [4.69, 9.17) is 0 Å². The van der Waals surface area contributed by atoms with Crippen molar-refractivity contribution in [2.45, 2.75) is 40.5 Å². The van der Waals surface area contributed by atoms with Crippen molar-refractivity contribution in [2.24, 2.45) is 5.92 Å². The Morgan fingerprint density at radius 1 is 1.36 bits per heavy atom. The Labute approximate surface area is 71.0 Å². The molecule has 0 radical (unpaired) electrons. The second kappa shape index (κ2) is 6.21. The highest BCUT2D eigenvalue weighted by Crippen LogP contribution is 2.03. The van der Waals surface area contributed by atoms with E-state index in [0.717, 1.165) is 12.3 Å². The number of rotatable bonds is 4. The minimum Gasteiger partial charge on any atom is -0.0840 e. The normalized spacial score (nSPS) is 13.4. The van der Waals surface area contributed by atoms with Gasteiger partial charge in [-0.3, -0.25) is 0 Å². The molecular formula is C11H20. The van der Waals surface area contributed by atoms with Gasteiger partial charge in [-0.05, 0) is 25.7 Å². The predicted octanol–water partition coefficient (Wildman–Crippen LogP) is 3.95. The largest absolute Gasteiger partial charge is 0.0840 e. The first-order chi connectivity index (χ1) is 5.16. The Bertz CT molecular complexity index is 138. The van der Waals surface area contributed by atoms with Crippen LogP contribution in [0.5, 0.6) is 0 Å². The maximum absolute atomic E-state index is 2.26. The average molecular weight is 152 g/mol. The fourth-order valence-electron chi connectivity index (χ4n) is 0.916. The maximum atomic E-state index is 2.26. The molecule has 0 unspecified atom stereocenters.